The van der Waals surface area contributed by atoms with Gasteiger partial charge in [-0.1, -0.05) is 0 Å². The van der Waals surface area contributed by atoms with E-state index in [1.807, 2.05) is 0 Å². The second kappa shape index (κ2) is 31.9. The molecule has 18 nitrogen and oxygen atoms in total. The Morgan fingerprint density at radius 2 is 0.837 bits per heavy atom. The van der Waals surface area contributed by atoms with Crippen molar-refractivity contribution in [2.45, 2.75) is 12.8 Å². The van der Waals surface area contributed by atoms with E-state index in [0.29, 0.717) is 125 Å². The standard InChI is InChI=1S/C31H49NO17/c33-29(31(35)36)5-6-30(34)49-26-24-47-22-20-45-18-16-43-14-12-41-10-8-39-7-9-40-11-13-42-15-17-44-19-21-46-23-25-48-28-3-1-27(2-4-28)32(37)38/h1-4H,5-26H2,(H,35,36). The molecule has 0 radical (unpaired) electrons. The Hall–Kier alpha value is -3.33. The second-order valence-corrected chi connectivity index (χ2v) is 9.56. The minimum absolute atomic E-state index is 0.00570. The third-order valence-corrected chi connectivity index (χ3v) is 5.81. The minimum Gasteiger partial charge on any atom is -0.491 e. The summed E-state index contributed by atoms with van der Waals surface area (Å²) < 4.78 is 58.9. The number of carboxylic acids is 1. The smallest absolute Gasteiger partial charge is 0.372 e. The molecule has 0 aliphatic carbocycles. The first kappa shape index (κ1) is 43.7. The molecule has 0 aromatic heterocycles. The number of aliphatic carboxylic acids is 1. The molecule has 0 amide bonds. The number of nitro benzene ring substituents is 1. The van der Waals surface area contributed by atoms with Crippen LogP contribution in [-0.4, -0.2) is 160 Å². The zero-order chi connectivity index (χ0) is 35.6. The van der Waals surface area contributed by atoms with Crippen LogP contribution in [0.2, 0.25) is 0 Å². The quantitative estimate of drug-likeness (QED) is 0.0340. The van der Waals surface area contributed by atoms with Crippen molar-refractivity contribution in [2.75, 3.05) is 132 Å². The van der Waals surface area contributed by atoms with E-state index >= 15 is 0 Å². The van der Waals surface area contributed by atoms with Gasteiger partial charge in [0.2, 0.25) is 5.78 Å². The van der Waals surface area contributed by atoms with Gasteiger partial charge in [-0.15, -0.1) is 0 Å². The highest BCUT2D eigenvalue weighted by molar-refractivity contribution is 6.32. The first-order chi connectivity index (χ1) is 23.9. The molecule has 0 bridgehead atoms. The molecule has 0 fully saturated rings. The number of nitrogens with zero attached hydrogens (tertiary/aromatic N) is 1. The molecule has 1 N–H and O–H groups in total. The van der Waals surface area contributed by atoms with Crippen molar-refractivity contribution in [3.05, 3.63) is 34.4 Å². The van der Waals surface area contributed by atoms with Crippen molar-refractivity contribution >= 4 is 23.4 Å². The van der Waals surface area contributed by atoms with Gasteiger partial charge in [-0.05, 0) is 12.1 Å². The summed E-state index contributed by atoms with van der Waals surface area (Å²) in [5, 5.41) is 19.1. The fourth-order valence-electron chi connectivity index (χ4n) is 3.35. The molecule has 280 valence electrons. The molecule has 0 aliphatic heterocycles. The maximum atomic E-state index is 11.4. The van der Waals surface area contributed by atoms with Gasteiger partial charge < -0.3 is 57.2 Å². The predicted octanol–water partition coefficient (Wildman–Crippen LogP) is 1.10. The number of nitro groups is 1. The van der Waals surface area contributed by atoms with E-state index in [2.05, 4.69) is 0 Å². The van der Waals surface area contributed by atoms with Crippen LogP contribution in [0.4, 0.5) is 5.69 Å². The van der Waals surface area contributed by atoms with Crippen molar-refractivity contribution in [3.63, 3.8) is 0 Å². The SMILES string of the molecule is O=C(CCC(=O)C(=O)O)OCCOCCOCCOCCOCCOCCOCCOCCOCCOCCOc1ccc([N+](=O)[O-])cc1. The molecule has 0 spiro atoms. The number of rotatable bonds is 36. The fourth-order valence-corrected chi connectivity index (χ4v) is 3.35. The van der Waals surface area contributed by atoms with Crippen LogP contribution in [0.25, 0.3) is 0 Å². The number of hydrogen-bond donors (Lipinski definition) is 1. The summed E-state index contributed by atoms with van der Waals surface area (Å²) in [6.45, 7) is 7.60. The minimum atomic E-state index is -1.57. The Kier molecular flexibility index (Phi) is 28.5. The van der Waals surface area contributed by atoms with Gasteiger partial charge in [0.15, 0.2) is 0 Å². The maximum Gasteiger partial charge on any atom is 0.372 e. The summed E-state index contributed by atoms with van der Waals surface area (Å²) in [5.41, 5.74) is 0.0143. The van der Waals surface area contributed by atoms with Crippen LogP contribution in [0.15, 0.2) is 24.3 Å². The molecule has 1 aromatic rings. The van der Waals surface area contributed by atoms with Crippen molar-refractivity contribution < 1.29 is 76.5 Å². The molecule has 1 rings (SSSR count). The van der Waals surface area contributed by atoms with Gasteiger partial charge in [0, 0.05) is 18.6 Å². The zero-order valence-electron chi connectivity index (χ0n) is 27.8. The van der Waals surface area contributed by atoms with Gasteiger partial charge in [0.25, 0.3) is 5.69 Å². The van der Waals surface area contributed by atoms with Gasteiger partial charge in [0.05, 0.1) is 130 Å². The van der Waals surface area contributed by atoms with Gasteiger partial charge in [0.1, 0.15) is 19.0 Å². The highest BCUT2D eigenvalue weighted by Gasteiger charge is 2.14. The summed E-state index contributed by atoms with van der Waals surface area (Å²) in [6.07, 6.45) is -0.673. The summed E-state index contributed by atoms with van der Waals surface area (Å²) >= 11 is 0. The number of non-ortho nitro benzene ring substituents is 1. The lowest BCUT2D eigenvalue weighted by Gasteiger charge is -2.09. The van der Waals surface area contributed by atoms with Crippen LogP contribution in [0.3, 0.4) is 0 Å². The Bertz CT molecular complexity index is 995. The van der Waals surface area contributed by atoms with E-state index in [1.165, 1.54) is 12.1 Å². The average molecular weight is 708 g/mol. The highest BCUT2D eigenvalue weighted by atomic mass is 16.6. The summed E-state index contributed by atoms with van der Waals surface area (Å²) in [6, 6.07) is 5.86. The number of benzene rings is 1. The van der Waals surface area contributed by atoms with E-state index in [1.54, 1.807) is 12.1 Å². The van der Waals surface area contributed by atoms with Crippen LogP contribution in [0.5, 0.6) is 5.75 Å². The Labute approximate surface area is 285 Å². The molecule has 1 aromatic carbocycles. The summed E-state index contributed by atoms with van der Waals surface area (Å²) in [4.78, 5) is 42.8. The first-order valence-corrected chi connectivity index (χ1v) is 15.9. The molecule has 49 heavy (non-hydrogen) atoms. The number of esters is 1. The largest absolute Gasteiger partial charge is 0.491 e. The molecule has 0 aliphatic rings. The number of ether oxygens (including phenoxy) is 11. The normalized spacial score (nSPS) is 11.0. The zero-order valence-corrected chi connectivity index (χ0v) is 27.8. The Morgan fingerprint density at radius 3 is 1.16 bits per heavy atom. The lowest BCUT2D eigenvalue weighted by molar-refractivity contribution is -0.384. The molecule has 0 heterocycles. The topological polar surface area (TPSA) is 216 Å². The average Bonchev–Trinajstić information content (AvgIpc) is 3.09. The second-order valence-electron chi connectivity index (χ2n) is 9.56. The monoisotopic (exact) mass is 707 g/mol. The van der Waals surface area contributed by atoms with Gasteiger partial charge in [-0.3, -0.25) is 19.7 Å². The van der Waals surface area contributed by atoms with Crippen molar-refractivity contribution in [1.82, 2.24) is 0 Å². The molecule has 0 atom stereocenters. The van der Waals surface area contributed by atoms with Gasteiger partial charge in [-0.25, -0.2) is 4.79 Å². The Balaban J connectivity index is 1.68. The van der Waals surface area contributed by atoms with Crippen LogP contribution in [-0.2, 0) is 61.8 Å². The van der Waals surface area contributed by atoms with Crippen LogP contribution in [0.1, 0.15) is 12.8 Å². The van der Waals surface area contributed by atoms with Crippen molar-refractivity contribution in [3.8, 4) is 5.75 Å². The van der Waals surface area contributed by atoms with Crippen molar-refractivity contribution in [2.24, 2.45) is 0 Å². The number of Topliss-reactive ketones (excluding diaryl/α,β-unsaturated/α-hetero) is 1. The number of hydrogen-bond acceptors (Lipinski definition) is 16. The molecular weight excluding hydrogens is 658 g/mol. The third kappa shape index (κ3) is 28.2. The molecule has 0 saturated heterocycles. The van der Waals surface area contributed by atoms with Crippen molar-refractivity contribution in [1.29, 1.82) is 0 Å². The lowest BCUT2D eigenvalue weighted by atomic mass is 10.2. The number of carboxylic acid groups (broad SMARTS) is 1. The Morgan fingerprint density at radius 1 is 0.510 bits per heavy atom. The van der Waals surface area contributed by atoms with E-state index in [-0.39, 0.29) is 25.3 Å². The van der Waals surface area contributed by atoms with E-state index < -0.39 is 29.1 Å². The molecule has 18 heteroatoms. The fraction of sp³-hybridized carbons (Fsp3) is 0.710. The van der Waals surface area contributed by atoms with Gasteiger partial charge >= 0.3 is 11.9 Å². The third-order valence-electron chi connectivity index (χ3n) is 5.81. The van der Waals surface area contributed by atoms with Crippen LogP contribution < -0.4 is 4.74 Å². The summed E-state index contributed by atoms with van der Waals surface area (Å²) in [7, 11) is 0. The maximum absolute atomic E-state index is 11.4. The number of carbonyl (C=O) groups excluding carboxylic acids is 2. The number of carbonyl (C=O) groups is 3. The lowest BCUT2D eigenvalue weighted by Crippen LogP contribution is -2.17. The molecule has 0 saturated carbocycles. The van der Waals surface area contributed by atoms with E-state index in [0.717, 1.165) is 0 Å². The van der Waals surface area contributed by atoms with E-state index in [4.69, 9.17) is 57.2 Å². The summed E-state index contributed by atoms with van der Waals surface area (Å²) in [5.74, 6) is -2.71. The molecular formula is C31H49NO17. The van der Waals surface area contributed by atoms with E-state index in [9.17, 15) is 24.5 Å². The van der Waals surface area contributed by atoms with Gasteiger partial charge in [-0.2, -0.15) is 0 Å². The van der Waals surface area contributed by atoms with Crippen LogP contribution >= 0.6 is 0 Å². The highest BCUT2D eigenvalue weighted by Crippen LogP contribution is 2.17. The van der Waals surface area contributed by atoms with Crippen LogP contribution in [0, 0.1) is 10.1 Å². The predicted molar refractivity (Wildman–Crippen MR) is 169 cm³/mol. The first-order valence-electron chi connectivity index (χ1n) is 15.9. The molecule has 0 unspecified atom stereocenters. The number of ketones is 1.